The molecular weight excluding hydrogens is 511 g/mol. The smallest absolute Gasteiger partial charge is 0.338 e. The number of rotatable bonds is 5. The van der Waals surface area contributed by atoms with E-state index in [9.17, 15) is 9.59 Å². The molecule has 5 nitrogen and oxygen atoms in total. The van der Waals surface area contributed by atoms with Crippen LogP contribution in [0.3, 0.4) is 0 Å². The van der Waals surface area contributed by atoms with Crippen LogP contribution >= 0.6 is 34.4 Å². The van der Waals surface area contributed by atoms with Crippen molar-refractivity contribution in [2.24, 2.45) is 4.99 Å². The molecule has 1 amide bonds. The average Bonchev–Trinajstić information content (AvgIpc) is 3.07. The van der Waals surface area contributed by atoms with Gasteiger partial charge in [-0.15, -0.1) is 0 Å². The number of hydrogen-bond donors (Lipinski definition) is 0. The van der Waals surface area contributed by atoms with E-state index < -0.39 is 12.0 Å². The van der Waals surface area contributed by atoms with Gasteiger partial charge >= 0.3 is 5.97 Å². The van der Waals surface area contributed by atoms with E-state index in [0.717, 1.165) is 14.7 Å². The summed E-state index contributed by atoms with van der Waals surface area (Å²) in [5, 5.41) is 0.482. The number of esters is 1. The van der Waals surface area contributed by atoms with Gasteiger partial charge in [-0.3, -0.25) is 9.69 Å². The minimum absolute atomic E-state index is 0.00865. The highest BCUT2D eigenvalue weighted by molar-refractivity contribution is 14.1. The number of benzene rings is 2. The summed E-state index contributed by atoms with van der Waals surface area (Å²) in [7, 11) is 0. The Bertz CT molecular complexity index is 1030. The number of amidine groups is 1. The number of ether oxygens (including phenoxy) is 1. The molecule has 30 heavy (non-hydrogen) atoms. The van der Waals surface area contributed by atoms with Crippen molar-refractivity contribution in [1.29, 1.82) is 0 Å². The number of hydrogen-bond acceptors (Lipinski definition) is 5. The van der Waals surface area contributed by atoms with Crippen LogP contribution in [-0.2, 0) is 20.9 Å². The van der Waals surface area contributed by atoms with Gasteiger partial charge in [0.05, 0.1) is 22.6 Å². The minimum Gasteiger partial charge on any atom is -0.457 e. The normalized spacial score (nSPS) is 20.8. The largest absolute Gasteiger partial charge is 0.457 e. The predicted molar refractivity (Wildman–Crippen MR) is 127 cm³/mol. The van der Waals surface area contributed by atoms with Crippen molar-refractivity contribution in [3.8, 4) is 0 Å². The van der Waals surface area contributed by atoms with Gasteiger partial charge in [0, 0.05) is 3.57 Å². The standard InChI is InChI=1S/C23H21IN2O3S/c1-3-18-21(27)26-20(16-9-11-17(24)12-10-16)19(14(2)25-23(26)30-18)22(28)29-13-15-7-5-4-6-8-15/h4-12,18,20H,3,13H2,1-2H3. The zero-order chi connectivity index (χ0) is 21.3. The first-order valence-corrected chi connectivity index (χ1v) is 11.7. The van der Waals surface area contributed by atoms with Crippen molar-refractivity contribution >= 4 is 51.4 Å². The van der Waals surface area contributed by atoms with Crippen LogP contribution in [0, 0.1) is 3.57 Å². The van der Waals surface area contributed by atoms with Gasteiger partial charge < -0.3 is 4.74 Å². The Labute approximate surface area is 193 Å². The molecule has 0 spiro atoms. The SMILES string of the molecule is CCC1SC2=NC(C)=C(C(=O)OCc3ccccc3)C(c3ccc(I)cc3)N2C1=O. The van der Waals surface area contributed by atoms with Gasteiger partial charge in [-0.1, -0.05) is 61.2 Å². The number of nitrogens with zero attached hydrogens (tertiary/aromatic N) is 2. The summed E-state index contributed by atoms with van der Waals surface area (Å²) < 4.78 is 6.72. The van der Waals surface area contributed by atoms with Crippen LogP contribution in [0.5, 0.6) is 0 Å². The Balaban J connectivity index is 1.71. The highest BCUT2D eigenvalue weighted by Gasteiger charge is 2.47. The number of halogens is 1. The van der Waals surface area contributed by atoms with Crippen LogP contribution in [-0.4, -0.2) is 27.2 Å². The quantitative estimate of drug-likeness (QED) is 0.399. The molecule has 0 saturated carbocycles. The number of aliphatic imine (C=N–C) groups is 1. The first-order valence-electron chi connectivity index (χ1n) is 9.75. The van der Waals surface area contributed by atoms with Gasteiger partial charge in [0.15, 0.2) is 5.17 Å². The van der Waals surface area contributed by atoms with Crippen molar-refractivity contribution < 1.29 is 14.3 Å². The number of fused-ring (bicyclic) bond motifs is 1. The van der Waals surface area contributed by atoms with Crippen molar-refractivity contribution in [2.75, 3.05) is 0 Å². The molecule has 2 atom stereocenters. The van der Waals surface area contributed by atoms with E-state index in [2.05, 4.69) is 27.6 Å². The molecule has 154 valence electrons. The highest BCUT2D eigenvalue weighted by atomic mass is 127. The fraction of sp³-hybridized carbons (Fsp3) is 0.261. The molecule has 2 aromatic carbocycles. The average molecular weight is 532 g/mol. The van der Waals surface area contributed by atoms with E-state index in [-0.39, 0.29) is 17.8 Å². The summed E-state index contributed by atoms with van der Waals surface area (Å²) >= 11 is 3.71. The molecule has 0 bridgehead atoms. The van der Waals surface area contributed by atoms with Gasteiger partial charge in [0.2, 0.25) is 5.91 Å². The number of carbonyl (C=O) groups is 2. The van der Waals surface area contributed by atoms with E-state index in [1.54, 1.807) is 4.90 Å². The molecule has 0 aromatic heterocycles. The summed E-state index contributed by atoms with van der Waals surface area (Å²) in [6, 6.07) is 16.9. The Morgan fingerprint density at radius 2 is 1.87 bits per heavy atom. The topological polar surface area (TPSA) is 59.0 Å². The van der Waals surface area contributed by atoms with E-state index >= 15 is 0 Å². The van der Waals surface area contributed by atoms with Gasteiger partial charge in [-0.2, -0.15) is 0 Å². The summed E-state index contributed by atoms with van der Waals surface area (Å²) in [4.78, 5) is 32.6. The van der Waals surface area contributed by atoms with E-state index in [1.807, 2.05) is 68.4 Å². The maximum Gasteiger partial charge on any atom is 0.338 e. The molecule has 2 unspecified atom stereocenters. The molecule has 0 radical (unpaired) electrons. The Hall–Kier alpha value is -2.13. The van der Waals surface area contributed by atoms with Crippen LogP contribution in [0.25, 0.3) is 0 Å². The molecule has 2 aromatic rings. The molecular formula is C23H21IN2O3S. The van der Waals surface area contributed by atoms with E-state index in [4.69, 9.17) is 4.74 Å². The van der Waals surface area contributed by atoms with Crippen molar-refractivity contribution in [3.05, 3.63) is 80.6 Å². The van der Waals surface area contributed by atoms with E-state index in [0.29, 0.717) is 22.9 Å². The second-order valence-corrected chi connectivity index (χ2v) is 9.55. The second-order valence-electron chi connectivity index (χ2n) is 7.13. The number of thioether (sulfide) groups is 1. The molecule has 1 fully saturated rings. The fourth-order valence-corrected chi connectivity index (χ4v) is 5.11. The Morgan fingerprint density at radius 1 is 1.17 bits per heavy atom. The maximum atomic E-state index is 13.2. The van der Waals surface area contributed by atoms with Crippen molar-refractivity contribution in [1.82, 2.24) is 4.90 Å². The summed E-state index contributed by atoms with van der Waals surface area (Å²) in [5.41, 5.74) is 2.80. The highest BCUT2D eigenvalue weighted by Crippen LogP contribution is 2.44. The zero-order valence-corrected chi connectivity index (χ0v) is 19.6. The Kier molecular flexibility index (Phi) is 6.29. The van der Waals surface area contributed by atoms with Crippen LogP contribution in [0.1, 0.15) is 37.4 Å². The van der Waals surface area contributed by atoms with Crippen LogP contribution in [0.2, 0.25) is 0 Å². The summed E-state index contributed by atoms with van der Waals surface area (Å²) in [5.74, 6) is -0.453. The van der Waals surface area contributed by atoms with Gasteiger partial charge in [-0.25, -0.2) is 9.79 Å². The maximum absolute atomic E-state index is 13.2. The molecule has 2 aliphatic heterocycles. The molecule has 4 rings (SSSR count). The van der Waals surface area contributed by atoms with Gasteiger partial charge in [0.25, 0.3) is 0 Å². The lowest BCUT2D eigenvalue weighted by Crippen LogP contribution is -2.40. The van der Waals surface area contributed by atoms with Crippen molar-refractivity contribution in [2.45, 2.75) is 38.2 Å². The molecule has 2 heterocycles. The molecule has 0 N–H and O–H groups in total. The first-order chi connectivity index (χ1) is 14.5. The van der Waals surface area contributed by atoms with Gasteiger partial charge in [-0.05, 0) is 59.2 Å². The third-order valence-electron chi connectivity index (χ3n) is 5.14. The monoisotopic (exact) mass is 532 g/mol. The third kappa shape index (κ3) is 4.05. The summed E-state index contributed by atoms with van der Waals surface area (Å²) in [6.45, 7) is 3.98. The minimum atomic E-state index is -0.533. The number of carbonyl (C=O) groups excluding carboxylic acids is 2. The van der Waals surface area contributed by atoms with Crippen LogP contribution in [0.15, 0.2) is 70.9 Å². The third-order valence-corrected chi connectivity index (χ3v) is 7.18. The second kappa shape index (κ2) is 8.93. The lowest BCUT2D eigenvalue weighted by atomic mass is 9.94. The fourth-order valence-electron chi connectivity index (χ4n) is 3.61. The number of allylic oxidation sites excluding steroid dienone is 1. The van der Waals surface area contributed by atoms with Crippen LogP contribution < -0.4 is 0 Å². The molecule has 1 saturated heterocycles. The summed E-state index contributed by atoms with van der Waals surface area (Å²) in [6.07, 6.45) is 0.714. The lowest BCUT2D eigenvalue weighted by Gasteiger charge is -2.33. The van der Waals surface area contributed by atoms with Gasteiger partial charge in [0.1, 0.15) is 6.61 Å². The van der Waals surface area contributed by atoms with Crippen LogP contribution in [0.4, 0.5) is 0 Å². The zero-order valence-electron chi connectivity index (χ0n) is 16.7. The lowest BCUT2D eigenvalue weighted by molar-refractivity contribution is -0.141. The Morgan fingerprint density at radius 3 is 2.53 bits per heavy atom. The first kappa shape index (κ1) is 21.1. The molecule has 7 heteroatoms. The predicted octanol–water partition coefficient (Wildman–Crippen LogP) is 5.07. The van der Waals surface area contributed by atoms with Crippen molar-refractivity contribution in [3.63, 3.8) is 0 Å². The molecule has 0 aliphatic carbocycles. The molecule has 2 aliphatic rings. The van der Waals surface area contributed by atoms with E-state index in [1.165, 1.54) is 11.8 Å². The number of amides is 1.